The molecule has 0 saturated carbocycles. The Morgan fingerprint density at radius 2 is 1.90 bits per heavy atom. The van der Waals surface area contributed by atoms with Crippen LogP contribution in [0.1, 0.15) is 29.8 Å². The van der Waals surface area contributed by atoms with Crippen molar-refractivity contribution in [1.29, 1.82) is 0 Å². The van der Waals surface area contributed by atoms with E-state index in [0.29, 0.717) is 11.6 Å². The molecule has 0 amide bonds. The van der Waals surface area contributed by atoms with Gasteiger partial charge in [0.2, 0.25) is 0 Å². The van der Waals surface area contributed by atoms with E-state index in [1.807, 2.05) is 36.4 Å². The van der Waals surface area contributed by atoms with Crippen LogP contribution in [0.15, 0.2) is 45.3 Å². The second-order valence-corrected chi connectivity index (χ2v) is 7.18. The average Bonchev–Trinajstić information content (AvgIpc) is 2.45. The summed E-state index contributed by atoms with van der Waals surface area (Å²) < 4.78 is 7.47. The molecule has 0 heterocycles. The minimum Gasteiger partial charge on any atom is -0.492 e. The summed E-state index contributed by atoms with van der Waals surface area (Å²) in [6.07, 6.45) is 0.973. The van der Waals surface area contributed by atoms with E-state index >= 15 is 0 Å². The molecule has 1 atom stereocenters. The third-order valence-corrected chi connectivity index (χ3v) is 4.87. The number of hydrogen-bond acceptors (Lipinski definition) is 1. The fourth-order valence-corrected chi connectivity index (χ4v) is 3.57. The summed E-state index contributed by atoms with van der Waals surface area (Å²) >= 11 is 19.7. The van der Waals surface area contributed by atoms with Crippen LogP contribution in [-0.4, -0.2) is 6.61 Å². The van der Waals surface area contributed by atoms with E-state index in [1.54, 1.807) is 0 Å². The molecule has 2 rings (SSSR count). The number of rotatable bonds is 5. The van der Waals surface area contributed by atoms with Gasteiger partial charge in [0.05, 0.1) is 16.5 Å². The molecule has 112 valence electrons. The lowest BCUT2D eigenvalue weighted by molar-refractivity contribution is 0.315. The summed E-state index contributed by atoms with van der Waals surface area (Å²) in [6.45, 7) is 2.77. The average molecular weight is 453 g/mol. The molecule has 1 nitrogen and oxygen atoms in total. The summed E-state index contributed by atoms with van der Waals surface area (Å²) in [5, 5.41) is 0.342. The molecule has 21 heavy (non-hydrogen) atoms. The van der Waals surface area contributed by atoms with Crippen LogP contribution >= 0.6 is 55.1 Å². The van der Waals surface area contributed by atoms with Crippen molar-refractivity contribution >= 4 is 55.1 Å². The van der Waals surface area contributed by atoms with Crippen LogP contribution in [-0.2, 0) is 0 Å². The molecule has 0 fully saturated rings. The minimum atomic E-state index is -0.304. The normalized spacial score (nSPS) is 12.2. The maximum absolute atomic E-state index is 6.56. The Bertz CT molecular complexity index is 632. The number of halogens is 4. The summed E-state index contributed by atoms with van der Waals surface area (Å²) in [5.74, 6) is 0.825. The van der Waals surface area contributed by atoms with Gasteiger partial charge in [0.15, 0.2) is 0 Å². The molecule has 0 bridgehead atoms. The molecule has 2 aromatic rings. The molecule has 5 heteroatoms. The van der Waals surface area contributed by atoms with E-state index < -0.39 is 0 Å². The molecule has 0 aliphatic heterocycles. The lowest BCUT2D eigenvalue weighted by Crippen LogP contribution is -1.98. The Balaban J connectivity index is 2.27. The van der Waals surface area contributed by atoms with Gasteiger partial charge in [-0.15, -0.1) is 11.6 Å². The van der Waals surface area contributed by atoms with Crippen LogP contribution in [0.3, 0.4) is 0 Å². The highest BCUT2D eigenvalue weighted by atomic mass is 79.9. The predicted octanol–water partition coefficient (Wildman–Crippen LogP) is 6.98. The van der Waals surface area contributed by atoms with Gasteiger partial charge in [0.1, 0.15) is 5.75 Å². The van der Waals surface area contributed by atoms with Crippen LogP contribution in [0, 0.1) is 0 Å². The predicted molar refractivity (Wildman–Crippen MR) is 96.8 cm³/mol. The van der Waals surface area contributed by atoms with Gasteiger partial charge in [0.25, 0.3) is 0 Å². The van der Waals surface area contributed by atoms with E-state index in [2.05, 4.69) is 38.8 Å². The SMILES string of the molecule is CCCOc1ccc(C(Cl)c2ccc(Br)cc2Cl)cc1Br. The maximum Gasteiger partial charge on any atom is 0.133 e. The van der Waals surface area contributed by atoms with Gasteiger partial charge in [-0.3, -0.25) is 0 Å². The van der Waals surface area contributed by atoms with E-state index in [4.69, 9.17) is 27.9 Å². The lowest BCUT2D eigenvalue weighted by Gasteiger charge is -2.14. The molecule has 0 saturated heterocycles. The highest BCUT2D eigenvalue weighted by Crippen LogP contribution is 2.37. The highest BCUT2D eigenvalue weighted by Gasteiger charge is 2.16. The van der Waals surface area contributed by atoms with Crippen molar-refractivity contribution < 1.29 is 4.74 Å². The van der Waals surface area contributed by atoms with Gasteiger partial charge in [-0.05, 0) is 57.7 Å². The van der Waals surface area contributed by atoms with Gasteiger partial charge >= 0.3 is 0 Å². The Morgan fingerprint density at radius 1 is 1.14 bits per heavy atom. The zero-order valence-corrected chi connectivity index (χ0v) is 16.1. The van der Waals surface area contributed by atoms with Gasteiger partial charge in [-0.25, -0.2) is 0 Å². The van der Waals surface area contributed by atoms with Crippen LogP contribution < -0.4 is 4.74 Å². The van der Waals surface area contributed by atoms with E-state index in [0.717, 1.165) is 32.2 Å². The minimum absolute atomic E-state index is 0.304. The van der Waals surface area contributed by atoms with Gasteiger partial charge in [-0.2, -0.15) is 0 Å². The zero-order valence-electron chi connectivity index (χ0n) is 11.4. The van der Waals surface area contributed by atoms with E-state index in [9.17, 15) is 0 Å². The van der Waals surface area contributed by atoms with Crippen molar-refractivity contribution in [3.8, 4) is 5.75 Å². The van der Waals surface area contributed by atoms with Crippen LogP contribution in [0.2, 0.25) is 5.02 Å². The smallest absolute Gasteiger partial charge is 0.133 e. The van der Waals surface area contributed by atoms with Gasteiger partial charge < -0.3 is 4.74 Å². The summed E-state index contributed by atoms with van der Waals surface area (Å²) in [4.78, 5) is 0. The lowest BCUT2D eigenvalue weighted by atomic mass is 10.0. The van der Waals surface area contributed by atoms with Crippen molar-refractivity contribution in [3.63, 3.8) is 0 Å². The Morgan fingerprint density at radius 3 is 2.52 bits per heavy atom. The highest BCUT2D eigenvalue weighted by molar-refractivity contribution is 9.10. The third-order valence-electron chi connectivity index (χ3n) is 2.95. The molecule has 2 aromatic carbocycles. The topological polar surface area (TPSA) is 9.23 Å². The standard InChI is InChI=1S/C16H14Br2Cl2O/c1-2-7-21-15-6-3-10(8-13(15)18)16(20)12-5-4-11(17)9-14(12)19/h3-6,8-9,16H,2,7H2,1H3. The fourth-order valence-electron chi connectivity index (χ4n) is 1.89. The number of benzene rings is 2. The van der Waals surface area contributed by atoms with Crippen LogP contribution in [0.5, 0.6) is 5.75 Å². The van der Waals surface area contributed by atoms with Crippen molar-refractivity contribution in [2.45, 2.75) is 18.7 Å². The Hall–Kier alpha value is -0.220. The van der Waals surface area contributed by atoms with Gasteiger partial charge in [-0.1, -0.05) is 46.6 Å². The van der Waals surface area contributed by atoms with Crippen molar-refractivity contribution in [2.24, 2.45) is 0 Å². The fraction of sp³-hybridized carbons (Fsp3) is 0.250. The van der Waals surface area contributed by atoms with Crippen molar-refractivity contribution in [2.75, 3.05) is 6.61 Å². The maximum atomic E-state index is 6.56. The number of hydrogen-bond donors (Lipinski definition) is 0. The molecule has 0 N–H and O–H groups in total. The van der Waals surface area contributed by atoms with Gasteiger partial charge in [0, 0.05) is 9.50 Å². The first kappa shape index (κ1) is 17.1. The second-order valence-electron chi connectivity index (χ2n) is 4.57. The zero-order chi connectivity index (χ0) is 15.4. The van der Waals surface area contributed by atoms with Crippen molar-refractivity contribution in [1.82, 2.24) is 0 Å². The first-order chi connectivity index (χ1) is 10.0. The molecule has 0 radical (unpaired) electrons. The second kappa shape index (κ2) is 7.87. The molecule has 0 aliphatic carbocycles. The molecule has 0 aliphatic rings. The third kappa shape index (κ3) is 4.38. The molecule has 0 spiro atoms. The molecule has 0 aromatic heterocycles. The molecular weight excluding hydrogens is 439 g/mol. The van der Waals surface area contributed by atoms with Crippen LogP contribution in [0.4, 0.5) is 0 Å². The van der Waals surface area contributed by atoms with E-state index in [1.165, 1.54) is 0 Å². The quantitative estimate of drug-likeness (QED) is 0.444. The summed E-state index contributed by atoms with van der Waals surface area (Å²) in [7, 11) is 0. The first-order valence-electron chi connectivity index (χ1n) is 6.54. The summed E-state index contributed by atoms with van der Waals surface area (Å²) in [6, 6.07) is 11.6. The molecule has 1 unspecified atom stereocenters. The first-order valence-corrected chi connectivity index (χ1v) is 8.94. The number of ether oxygens (including phenoxy) is 1. The monoisotopic (exact) mass is 450 g/mol. The van der Waals surface area contributed by atoms with Crippen LogP contribution in [0.25, 0.3) is 0 Å². The largest absolute Gasteiger partial charge is 0.492 e. The summed E-state index contributed by atoms with van der Waals surface area (Å²) in [5.41, 5.74) is 1.85. The van der Waals surface area contributed by atoms with Crippen molar-refractivity contribution in [3.05, 3.63) is 61.5 Å². The number of alkyl halides is 1. The van der Waals surface area contributed by atoms with E-state index in [-0.39, 0.29) is 5.38 Å². The Labute approximate surface area is 151 Å². The Kier molecular flexibility index (Phi) is 6.42. The molecular formula is C16H14Br2Cl2O.